The quantitative estimate of drug-likeness (QED) is 0.274. The second-order valence-electron chi connectivity index (χ2n) is 4.36. The summed E-state index contributed by atoms with van der Waals surface area (Å²) in [5, 5.41) is 20.5. The molecule has 27 heavy (non-hydrogen) atoms. The fourth-order valence-electron chi connectivity index (χ4n) is 1.64. The van der Waals surface area contributed by atoms with Crippen molar-refractivity contribution in [2.45, 2.75) is 9.79 Å². The fourth-order valence-corrected chi connectivity index (χ4v) is 2.93. The molecule has 0 aliphatic heterocycles. The first kappa shape index (κ1) is 24.6. The molecular weight excluding hydrogens is 452 g/mol. The molecule has 0 aliphatic rings. The third kappa shape index (κ3) is 7.01. The van der Waals surface area contributed by atoms with Crippen LogP contribution in [0.15, 0.2) is 58.3 Å². The zero-order chi connectivity index (χ0) is 20.1. The summed E-state index contributed by atoms with van der Waals surface area (Å²) in [7, 11) is -9.54. The number of hydrogen-bond acceptors (Lipinski definition) is 10. The number of benzene rings is 2. The fraction of sp³-hybridized carbons (Fsp3) is 0. The van der Waals surface area contributed by atoms with E-state index in [0.29, 0.717) is 0 Å². The maximum Gasteiger partial charge on any atom is 2.00 e. The van der Waals surface area contributed by atoms with Crippen LogP contribution in [0.2, 0.25) is 0 Å². The molecule has 0 heterocycles. The van der Waals surface area contributed by atoms with Crippen LogP contribution in [0.1, 0.15) is 0 Å². The zero-order valence-electron chi connectivity index (χ0n) is 12.8. The van der Waals surface area contributed by atoms with Crippen molar-refractivity contribution in [3.05, 3.63) is 68.8 Å². The van der Waals surface area contributed by atoms with Gasteiger partial charge in [-0.05, 0) is 12.1 Å². The van der Waals surface area contributed by atoms with Gasteiger partial charge in [0.25, 0.3) is 11.4 Å². The van der Waals surface area contributed by atoms with Crippen LogP contribution in [0.5, 0.6) is 0 Å². The smallest absolute Gasteiger partial charge is 0.744 e. The topological polar surface area (TPSA) is 201 Å². The summed E-state index contributed by atoms with van der Waals surface area (Å²) < 4.78 is 63.0. The van der Waals surface area contributed by atoms with Crippen LogP contribution in [-0.2, 0) is 37.3 Å². The minimum Gasteiger partial charge on any atom is -0.744 e. The van der Waals surface area contributed by atoms with Gasteiger partial charge in [-0.25, -0.2) is 16.8 Å². The molecule has 0 saturated carbocycles. The first-order chi connectivity index (χ1) is 11.9. The van der Waals surface area contributed by atoms with Crippen LogP contribution in [0.3, 0.4) is 0 Å². The van der Waals surface area contributed by atoms with Crippen molar-refractivity contribution in [2.24, 2.45) is 0 Å². The summed E-state index contributed by atoms with van der Waals surface area (Å²) in [5.74, 6) is 0. The van der Waals surface area contributed by atoms with Gasteiger partial charge in [0.1, 0.15) is 30.0 Å². The Labute approximate surface area is 163 Å². The van der Waals surface area contributed by atoms with E-state index in [2.05, 4.69) is 0 Å². The molecule has 146 valence electrons. The van der Waals surface area contributed by atoms with Gasteiger partial charge in [0.2, 0.25) is 0 Å². The molecule has 0 bridgehead atoms. The van der Waals surface area contributed by atoms with Gasteiger partial charge in [0.15, 0.2) is 0 Å². The Kier molecular flexibility index (Phi) is 8.65. The number of nitro benzene ring substituents is 2. The molecule has 2 rings (SSSR count). The van der Waals surface area contributed by atoms with Crippen molar-refractivity contribution in [2.75, 3.05) is 0 Å². The first-order valence-corrected chi connectivity index (χ1v) is 9.06. The number of nitrogens with zero attached hydrogens (tertiary/aromatic N) is 2. The summed E-state index contributed by atoms with van der Waals surface area (Å²) in [5.41, 5.74) is -1.39. The van der Waals surface area contributed by atoms with Crippen molar-refractivity contribution >= 4 is 31.6 Å². The van der Waals surface area contributed by atoms with Gasteiger partial charge in [0.05, 0.1) is 9.85 Å². The molecule has 0 aromatic heterocycles. The van der Waals surface area contributed by atoms with Crippen LogP contribution in [0, 0.1) is 20.2 Å². The monoisotopic (exact) mass is 460 g/mol. The van der Waals surface area contributed by atoms with Crippen molar-refractivity contribution in [1.82, 2.24) is 0 Å². The second-order valence-corrected chi connectivity index (χ2v) is 7.05. The van der Waals surface area contributed by atoms with Crippen LogP contribution < -0.4 is 0 Å². The van der Waals surface area contributed by atoms with E-state index in [1.165, 1.54) is 24.3 Å². The zero-order valence-corrected chi connectivity index (χ0v) is 15.5. The van der Waals surface area contributed by atoms with Gasteiger partial charge in [-0.1, -0.05) is 24.3 Å². The molecule has 0 N–H and O–H groups in total. The summed E-state index contributed by atoms with van der Waals surface area (Å²) in [4.78, 5) is 17.1. The van der Waals surface area contributed by atoms with E-state index in [-0.39, 0.29) is 17.1 Å². The van der Waals surface area contributed by atoms with E-state index >= 15 is 0 Å². The third-order valence-corrected chi connectivity index (χ3v) is 4.43. The number of rotatable bonds is 4. The van der Waals surface area contributed by atoms with Crippen molar-refractivity contribution in [3.63, 3.8) is 0 Å². The van der Waals surface area contributed by atoms with Crippen LogP contribution in [-0.4, -0.2) is 35.8 Å². The molecular formula is C12H8FeN2O10S2. The van der Waals surface area contributed by atoms with Gasteiger partial charge in [0, 0.05) is 12.1 Å². The number of hydrogen-bond donors (Lipinski definition) is 0. The Morgan fingerprint density at radius 3 is 1.07 bits per heavy atom. The van der Waals surface area contributed by atoms with Gasteiger partial charge >= 0.3 is 17.1 Å². The standard InChI is InChI=1S/2C6H5NO5S.Fe/c2*8-7(9)5-3-1-2-4-6(5)13(10,11)12;/h2*1-4H,(H,10,11,12);/q;;+2/p-2. The number of para-hydroxylation sites is 2. The van der Waals surface area contributed by atoms with E-state index in [4.69, 9.17) is 0 Å². The Morgan fingerprint density at radius 2 is 0.889 bits per heavy atom. The molecule has 0 aliphatic carbocycles. The van der Waals surface area contributed by atoms with Crippen molar-refractivity contribution in [1.29, 1.82) is 0 Å². The molecule has 0 radical (unpaired) electrons. The van der Waals surface area contributed by atoms with E-state index in [0.717, 1.165) is 24.3 Å². The van der Waals surface area contributed by atoms with Crippen LogP contribution in [0.4, 0.5) is 11.4 Å². The molecule has 0 amide bonds. The maximum atomic E-state index is 10.5. The van der Waals surface area contributed by atoms with Gasteiger partial charge in [-0.15, -0.1) is 0 Å². The first-order valence-electron chi connectivity index (χ1n) is 6.24. The predicted octanol–water partition coefficient (Wildman–Crippen LogP) is 0.995. The summed E-state index contributed by atoms with van der Waals surface area (Å²) in [6, 6.07) is 8.80. The Balaban J connectivity index is 0.000000483. The average molecular weight is 460 g/mol. The van der Waals surface area contributed by atoms with Crippen LogP contribution in [0.25, 0.3) is 0 Å². The van der Waals surface area contributed by atoms with Crippen LogP contribution >= 0.6 is 0 Å². The molecule has 0 spiro atoms. The third-order valence-electron chi connectivity index (χ3n) is 2.66. The summed E-state index contributed by atoms with van der Waals surface area (Å²) >= 11 is 0. The average Bonchev–Trinajstić information content (AvgIpc) is 2.54. The molecule has 2 aromatic rings. The second kappa shape index (κ2) is 9.50. The Bertz CT molecular complexity index is 968. The minimum absolute atomic E-state index is 0. The Hall–Kier alpha value is -2.42. The molecule has 0 unspecified atom stereocenters. The van der Waals surface area contributed by atoms with E-state index in [9.17, 15) is 46.2 Å². The minimum atomic E-state index is -4.77. The van der Waals surface area contributed by atoms with Gasteiger partial charge < -0.3 is 9.11 Å². The molecule has 0 saturated heterocycles. The van der Waals surface area contributed by atoms with Gasteiger partial charge in [-0.3, -0.25) is 20.2 Å². The maximum absolute atomic E-state index is 10.5. The number of nitro groups is 2. The van der Waals surface area contributed by atoms with Crippen molar-refractivity contribution in [3.8, 4) is 0 Å². The molecule has 0 atom stereocenters. The molecule has 12 nitrogen and oxygen atoms in total. The molecule has 0 fully saturated rings. The summed E-state index contributed by atoms with van der Waals surface area (Å²) in [6.07, 6.45) is 0. The molecule has 15 heteroatoms. The van der Waals surface area contributed by atoms with E-state index in [1.807, 2.05) is 0 Å². The van der Waals surface area contributed by atoms with Crippen molar-refractivity contribution < 1.29 is 52.9 Å². The predicted molar refractivity (Wildman–Crippen MR) is 82.1 cm³/mol. The normalized spacial score (nSPS) is 10.7. The molecule has 2 aromatic carbocycles. The largest absolute Gasteiger partial charge is 2.00 e. The SMILES string of the molecule is O=[N+]([O-])c1ccccc1S(=O)(=O)[O-].O=[N+]([O-])c1ccccc1S(=O)(=O)[O-].[Fe+2]. The van der Waals surface area contributed by atoms with E-state index < -0.39 is 51.2 Å². The van der Waals surface area contributed by atoms with E-state index in [1.54, 1.807) is 0 Å². The van der Waals surface area contributed by atoms with Gasteiger partial charge in [-0.2, -0.15) is 0 Å². The summed E-state index contributed by atoms with van der Waals surface area (Å²) in [6.45, 7) is 0. The Morgan fingerprint density at radius 1 is 0.630 bits per heavy atom.